The molecule has 3 aliphatic rings. The van der Waals surface area contributed by atoms with E-state index in [0.29, 0.717) is 32.0 Å². The third kappa shape index (κ3) is 36.6. The smallest absolute Gasteiger partial charge is 0.246 e. The second-order valence-electron chi connectivity index (χ2n) is 22.8. The molecule has 3 heterocycles. The molecular weight excluding hydrogens is 1330 g/mol. The van der Waals surface area contributed by atoms with E-state index in [1.54, 1.807) is 0 Å². The Morgan fingerprint density at radius 3 is 0.980 bits per heavy atom. The minimum absolute atomic E-state index is 0.00465. The number of carbonyl (C=O) groups is 8. The first-order valence-corrected chi connectivity index (χ1v) is 33.0. The third-order valence-electron chi connectivity index (χ3n) is 14.9. The lowest BCUT2D eigenvalue weighted by atomic mass is 9.97. The summed E-state index contributed by atoms with van der Waals surface area (Å²) in [5.41, 5.74) is 0. The Hall–Kier alpha value is -5.00. The van der Waals surface area contributed by atoms with Crippen molar-refractivity contribution in [1.29, 1.82) is 0 Å². The molecule has 3 aliphatic heterocycles. The number of amides is 7. The van der Waals surface area contributed by atoms with Crippen molar-refractivity contribution < 1.29 is 155 Å². The van der Waals surface area contributed by atoms with Crippen LogP contribution in [0.25, 0.3) is 0 Å². The van der Waals surface area contributed by atoms with E-state index in [0.717, 1.165) is 0 Å². The summed E-state index contributed by atoms with van der Waals surface area (Å²) in [6, 6.07) is -5.29. The van der Waals surface area contributed by atoms with Gasteiger partial charge in [-0.05, 0) is 38.5 Å². The molecule has 16 N–H and O–H groups in total. The van der Waals surface area contributed by atoms with Crippen LogP contribution in [-0.2, 0) is 109 Å². The van der Waals surface area contributed by atoms with Crippen molar-refractivity contribution in [2.45, 2.75) is 163 Å². The van der Waals surface area contributed by atoms with Gasteiger partial charge in [0.2, 0.25) is 41.4 Å². The van der Waals surface area contributed by atoms with E-state index < -0.39 is 166 Å². The molecule has 0 radical (unpaired) electrons. The molecule has 3 saturated heterocycles. The second-order valence-corrected chi connectivity index (χ2v) is 22.8. The molecule has 0 saturated carbocycles. The van der Waals surface area contributed by atoms with E-state index in [2.05, 4.69) is 37.2 Å². The normalized spacial score (nSPS) is 26.0. The number of hydrogen-bond acceptors (Lipinski definition) is 32. The third-order valence-corrected chi connectivity index (χ3v) is 14.9. The van der Waals surface area contributed by atoms with Crippen LogP contribution in [0.3, 0.4) is 0 Å². The van der Waals surface area contributed by atoms with Crippen LogP contribution in [0, 0.1) is 0 Å². The molecule has 99 heavy (non-hydrogen) atoms. The molecule has 0 aromatic rings. The molecule has 0 bridgehead atoms. The predicted molar refractivity (Wildman–Crippen MR) is 335 cm³/mol. The van der Waals surface area contributed by atoms with Gasteiger partial charge in [-0.15, -0.1) is 0 Å². The molecule has 0 spiro atoms. The zero-order valence-electron chi connectivity index (χ0n) is 56.4. The van der Waals surface area contributed by atoms with Gasteiger partial charge in [0.1, 0.15) is 105 Å². The standard InChI is InChI=1S/C60H107N7O32/c1-37(72)63-48-54(81)51(78)42(31-69)97-58(48)94-27-24-88-15-12-85-18-21-91-34-45(75)61-10-6-4-8-40(30-68)66-57(84)41(67-47(77)36-93-23-20-87-14-17-90-26-29-96-60-50(65-39(3)74)56(83)53(80)44(33-71)99-60)9-5-7-11-62-46(76)35-92-22-19-86-13-16-89-25-28-95-59-49(64-38(2)73)55(82)52(79)43(32-70)98-59/h30,40-44,48-56,58-60,69-71,78-83H,4-29,31-36H2,1-3H3,(H,61,75)(H,62,76)(H,63,72)(H,64,73)(H,65,74)(H,66,84)(H,67,77)/t40-,41-,42+,43+,44+,48+,49+,50+,51-,52-,53-,54+,55+,56+,58+,59+,60+/m0/s1. The topological polar surface area (TPSA) is 541 Å². The summed E-state index contributed by atoms with van der Waals surface area (Å²) in [7, 11) is 0. The van der Waals surface area contributed by atoms with E-state index >= 15 is 0 Å². The van der Waals surface area contributed by atoms with Crippen LogP contribution in [0.5, 0.6) is 0 Å². The van der Waals surface area contributed by atoms with Crippen LogP contribution in [0.2, 0.25) is 0 Å². The monoisotopic (exact) mass is 1440 g/mol. The summed E-state index contributed by atoms with van der Waals surface area (Å²) in [4.78, 5) is 98.5. The minimum Gasteiger partial charge on any atom is -0.394 e. The number of unbranched alkanes of at least 4 members (excludes halogenated alkanes) is 2. The van der Waals surface area contributed by atoms with E-state index in [-0.39, 0.29) is 164 Å². The highest BCUT2D eigenvalue weighted by atomic mass is 16.7. The molecule has 7 amide bonds. The van der Waals surface area contributed by atoms with E-state index in [1.807, 2.05) is 0 Å². The molecular formula is C60H107N7O32. The van der Waals surface area contributed by atoms with Crippen molar-refractivity contribution in [3.63, 3.8) is 0 Å². The van der Waals surface area contributed by atoms with Crippen LogP contribution < -0.4 is 37.2 Å². The van der Waals surface area contributed by atoms with Crippen LogP contribution in [-0.4, -0.2) is 369 Å². The molecule has 574 valence electrons. The lowest BCUT2D eigenvalue weighted by Gasteiger charge is -2.42. The van der Waals surface area contributed by atoms with Crippen molar-refractivity contribution in [1.82, 2.24) is 37.2 Å². The van der Waals surface area contributed by atoms with Gasteiger partial charge in [-0.1, -0.05) is 0 Å². The molecule has 0 aliphatic carbocycles. The van der Waals surface area contributed by atoms with Gasteiger partial charge in [0.05, 0.1) is 145 Å². The SMILES string of the molecule is CC(=O)N[C@H]1[C@H](OCCOCCOCCOCC(=O)NCCCC[C@@H](C=O)NC(=O)[C@H](CCCCNC(=O)COCCOCCOCCO[C@@H]2O[C@H](CO)[C@H](O)[C@H](O)[C@H]2NC(C)=O)NC(=O)COCCOCCOCCO[C@@H]2O[C@H](CO)[C@H](O)[C@H](O)[C@H]2NC(C)=O)O[C@H](CO)[C@H](O)[C@@H]1O. The fraction of sp³-hybridized carbons (Fsp3) is 0.867. The summed E-state index contributed by atoms with van der Waals surface area (Å²) < 4.78 is 82.3. The van der Waals surface area contributed by atoms with Gasteiger partial charge in [0, 0.05) is 33.9 Å². The molecule has 0 aromatic heterocycles. The van der Waals surface area contributed by atoms with Gasteiger partial charge in [-0.3, -0.25) is 33.6 Å². The Balaban J connectivity index is 1.32. The number of nitrogens with one attached hydrogen (secondary N) is 7. The number of rotatable bonds is 56. The summed E-state index contributed by atoms with van der Waals surface area (Å²) in [5.74, 6) is -3.54. The highest BCUT2D eigenvalue weighted by Crippen LogP contribution is 2.25. The quantitative estimate of drug-likeness (QED) is 0.0199. The van der Waals surface area contributed by atoms with E-state index in [9.17, 15) is 84.3 Å². The highest BCUT2D eigenvalue weighted by molar-refractivity contribution is 5.89. The molecule has 3 fully saturated rings. The fourth-order valence-electron chi connectivity index (χ4n) is 9.81. The van der Waals surface area contributed by atoms with Crippen molar-refractivity contribution in [2.24, 2.45) is 0 Å². The Morgan fingerprint density at radius 2 is 0.677 bits per heavy atom. The maximum atomic E-state index is 13.6. The molecule has 39 heteroatoms. The lowest BCUT2D eigenvalue weighted by molar-refractivity contribution is -0.272. The van der Waals surface area contributed by atoms with Crippen LogP contribution >= 0.6 is 0 Å². The first-order valence-electron chi connectivity index (χ1n) is 33.0. The maximum Gasteiger partial charge on any atom is 0.246 e. The van der Waals surface area contributed by atoms with Gasteiger partial charge in [-0.25, -0.2) is 0 Å². The highest BCUT2D eigenvalue weighted by Gasteiger charge is 2.48. The summed E-state index contributed by atoms with van der Waals surface area (Å²) in [5, 5.41) is 108. The van der Waals surface area contributed by atoms with E-state index in [4.69, 9.17) is 71.1 Å². The summed E-state index contributed by atoms with van der Waals surface area (Å²) >= 11 is 0. The van der Waals surface area contributed by atoms with Crippen LogP contribution in [0.4, 0.5) is 0 Å². The molecule has 0 unspecified atom stereocenters. The van der Waals surface area contributed by atoms with Crippen molar-refractivity contribution in [3.05, 3.63) is 0 Å². The van der Waals surface area contributed by atoms with Crippen molar-refractivity contribution >= 4 is 47.6 Å². The molecule has 3 rings (SSSR count). The zero-order valence-corrected chi connectivity index (χ0v) is 56.4. The Kier molecular flexibility index (Phi) is 47.1. The number of aliphatic hydroxyl groups excluding tert-OH is 9. The Labute approximate surface area is 573 Å². The fourth-order valence-corrected chi connectivity index (χ4v) is 9.81. The average molecular weight is 1440 g/mol. The number of carbonyl (C=O) groups excluding carboxylic acids is 8. The molecule has 39 nitrogen and oxygen atoms in total. The van der Waals surface area contributed by atoms with E-state index in [1.165, 1.54) is 20.8 Å². The first-order chi connectivity index (χ1) is 47.6. The number of aldehydes is 1. The number of ether oxygens (including phenoxy) is 15. The maximum absolute atomic E-state index is 13.6. The van der Waals surface area contributed by atoms with Crippen molar-refractivity contribution in [2.75, 3.05) is 172 Å². The Morgan fingerprint density at radius 1 is 0.384 bits per heavy atom. The van der Waals surface area contributed by atoms with Crippen LogP contribution in [0.15, 0.2) is 0 Å². The number of aliphatic hydroxyl groups is 9. The summed E-state index contributed by atoms with van der Waals surface area (Å²) in [6.07, 6.45) is -13.0. The average Bonchev–Trinajstić information content (AvgIpc) is 0.833. The minimum atomic E-state index is -1.46. The zero-order chi connectivity index (χ0) is 72.7. The largest absolute Gasteiger partial charge is 0.394 e. The van der Waals surface area contributed by atoms with Gasteiger partial charge in [-0.2, -0.15) is 0 Å². The predicted octanol–water partition coefficient (Wildman–Crippen LogP) is -9.24. The lowest BCUT2D eigenvalue weighted by Crippen LogP contribution is -2.64. The van der Waals surface area contributed by atoms with Crippen LogP contribution in [0.1, 0.15) is 59.3 Å². The van der Waals surface area contributed by atoms with Gasteiger partial charge < -0.3 is 159 Å². The first kappa shape index (κ1) is 88.2. The van der Waals surface area contributed by atoms with Crippen molar-refractivity contribution in [3.8, 4) is 0 Å². The van der Waals surface area contributed by atoms with Gasteiger partial charge >= 0.3 is 0 Å². The van der Waals surface area contributed by atoms with Gasteiger partial charge in [0.15, 0.2) is 18.9 Å². The second kappa shape index (κ2) is 52.9. The Bertz CT molecular complexity index is 2260. The number of hydrogen-bond donors (Lipinski definition) is 16. The summed E-state index contributed by atoms with van der Waals surface area (Å²) in [6.45, 7) is 3.14. The molecule has 17 atom stereocenters. The molecule has 0 aromatic carbocycles. The van der Waals surface area contributed by atoms with Gasteiger partial charge in [0.25, 0.3) is 0 Å².